The van der Waals surface area contributed by atoms with Crippen molar-refractivity contribution in [1.82, 2.24) is 5.32 Å². The highest BCUT2D eigenvalue weighted by atomic mass is 19.4. The molecule has 1 amide bonds. The van der Waals surface area contributed by atoms with E-state index in [2.05, 4.69) is 5.32 Å². The second kappa shape index (κ2) is 5.14. The topological polar surface area (TPSA) is 104 Å². The van der Waals surface area contributed by atoms with Gasteiger partial charge in [0, 0.05) is 6.08 Å². The van der Waals surface area contributed by atoms with Gasteiger partial charge in [-0.15, -0.1) is 0 Å². The van der Waals surface area contributed by atoms with Crippen LogP contribution in [0.15, 0.2) is 12.2 Å². The second-order valence-electron chi connectivity index (χ2n) is 2.49. The third-order valence-electron chi connectivity index (χ3n) is 1.25. The Bertz CT molecular complexity index is 335. The number of aliphatic carboxylic acids is 2. The summed E-state index contributed by atoms with van der Waals surface area (Å²) >= 11 is 0. The van der Waals surface area contributed by atoms with Gasteiger partial charge < -0.3 is 15.5 Å². The SMILES string of the molecule is O=C(O)C(F)(F)F.O=C1C=C[C@@H](C(=O)O)N1. The van der Waals surface area contributed by atoms with Crippen LogP contribution < -0.4 is 5.32 Å². The molecule has 0 aromatic carbocycles. The third-order valence-corrected chi connectivity index (χ3v) is 1.25. The maximum absolute atomic E-state index is 10.6. The first-order valence-corrected chi connectivity index (χ1v) is 3.66. The van der Waals surface area contributed by atoms with Crippen LogP contribution in [0, 0.1) is 0 Å². The van der Waals surface area contributed by atoms with Gasteiger partial charge in [0.1, 0.15) is 6.04 Å². The molecule has 1 rings (SSSR count). The Morgan fingerprint density at radius 2 is 1.75 bits per heavy atom. The molecule has 0 spiro atoms. The molecule has 0 aromatic rings. The molecule has 1 atom stereocenters. The zero-order chi connectivity index (χ0) is 12.9. The zero-order valence-corrected chi connectivity index (χ0v) is 7.49. The molecule has 0 saturated heterocycles. The van der Waals surface area contributed by atoms with Crippen molar-refractivity contribution in [3.05, 3.63) is 12.2 Å². The Hall–Kier alpha value is -2.06. The number of hydrogen-bond donors (Lipinski definition) is 3. The van der Waals surface area contributed by atoms with Crippen LogP contribution in [0.2, 0.25) is 0 Å². The Kier molecular flexibility index (Phi) is 4.48. The number of halogens is 3. The lowest BCUT2D eigenvalue weighted by molar-refractivity contribution is -0.192. The van der Waals surface area contributed by atoms with E-state index in [9.17, 15) is 22.8 Å². The molecule has 0 aromatic heterocycles. The van der Waals surface area contributed by atoms with E-state index in [0.717, 1.165) is 0 Å². The molecule has 1 aliphatic heterocycles. The van der Waals surface area contributed by atoms with Crippen LogP contribution in [-0.4, -0.2) is 40.3 Å². The van der Waals surface area contributed by atoms with Crippen molar-refractivity contribution in [2.45, 2.75) is 12.2 Å². The van der Waals surface area contributed by atoms with Gasteiger partial charge in [0.15, 0.2) is 0 Å². The summed E-state index contributed by atoms with van der Waals surface area (Å²) in [5.74, 6) is -4.13. The molecule has 16 heavy (non-hydrogen) atoms. The number of carboxylic acid groups (broad SMARTS) is 2. The quantitative estimate of drug-likeness (QED) is 0.587. The van der Waals surface area contributed by atoms with Crippen molar-refractivity contribution in [3.8, 4) is 0 Å². The molecule has 0 saturated carbocycles. The summed E-state index contributed by atoms with van der Waals surface area (Å²) in [7, 11) is 0. The van der Waals surface area contributed by atoms with E-state index in [1.807, 2.05) is 0 Å². The lowest BCUT2D eigenvalue weighted by Gasteiger charge is -1.99. The van der Waals surface area contributed by atoms with Crippen LogP contribution >= 0.6 is 0 Å². The first-order chi connectivity index (χ1) is 7.14. The maximum Gasteiger partial charge on any atom is 0.490 e. The summed E-state index contributed by atoms with van der Waals surface area (Å²) in [6, 6.07) is -0.822. The molecule has 90 valence electrons. The van der Waals surface area contributed by atoms with Crippen molar-refractivity contribution < 1.29 is 37.8 Å². The molecule has 0 bridgehead atoms. The maximum atomic E-state index is 10.6. The van der Waals surface area contributed by atoms with Gasteiger partial charge in [-0.2, -0.15) is 13.2 Å². The van der Waals surface area contributed by atoms with E-state index in [-0.39, 0.29) is 5.91 Å². The molecule has 1 aliphatic rings. The number of amides is 1. The van der Waals surface area contributed by atoms with Crippen molar-refractivity contribution in [3.63, 3.8) is 0 Å². The van der Waals surface area contributed by atoms with Gasteiger partial charge in [0.2, 0.25) is 5.91 Å². The molecule has 1 heterocycles. The molecular formula is C7H6F3NO5. The minimum atomic E-state index is -5.08. The number of carbonyl (C=O) groups excluding carboxylic acids is 1. The summed E-state index contributed by atoms with van der Waals surface area (Å²) in [6.07, 6.45) is -2.57. The number of nitrogens with one attached hydrogen (secondary N) is 1. The van der Waals surface area contributed by atoms with Gasteiger partial charge in [0.05, 0.1) is 0 Å². The molecular weight excluding hydrogens is 235 g/mol. The molecule has 9 heteroatoms. The third kappa shape index (κ3) is 4.98. The fraction of sp³-hybridized carbons (Fsp3) is 0.286. The van der Waals surface area contributed by atoms with Crippen LogP contribution in [0.4, 0.5) is 13.2 Å². The largest absolute Gasteiger partial charge is 0.490 e. The molecule has 0 unspecified atom stereocenters. The summed E-state index contributed by atoms with van der Waals surface area (Å²) in [5.41, 5.74) is 0. The fourth-order valence-corrected chi connectivity index (χ4v) is 0.577. The van der Waals surface area contributed by atoms with Crippen molar-refractivity contribution in [1.29, 1.82) is 0 Å². The minimum Gasteiger partial charge on any atom is -0.479 e. The van der Waals surface area contributed by atoms with E-state index in [1.165, 1.54) is 12.2 Å². The Morgan fingerprint density at radius 3 is 1.88 bits per heavy atom. The molecule has 0 fully saturated rings. The summed E-state index contributed by atoms with van der Waals surface area (Å²) < 4.78 is 31.7. The highest BCUT2D eigenvalue weighted by Gasteiger charge is 2.38. The average molecular weight is 241 g/mol. The standard InChI is InChI=1S/C5H5NO3.C2HF3O2/c7-4-2-1-3(6-4)5(8)9;3-2(4,5)1(6)7/h1-3H,(H,6,7)(H,8,9);(H,6,7)/t3-;/m0./s1. The number of alkyl halides is 3. The Balaban J connectivity index is 0.000000293. The van der Waals surface area contributed by atoms with E-state index in [1.54, 1.807) is 0 Å². The zero-order valence-electron chi connectivity index (χ0n) is 7.49. The Labute approximate surface area is 86.4 Å². The highest BCUT2D eigenvalue weighted by Crippen LogP contribution is 2.13. The van der Waals surface area contributed by atoms with E-state index >= 15 is 0 Å². The van der Waals surface area contributed by atoms with Crippen molar-refractivity contribution in [2.24, 2.45) is 0 Å². The Morgan fingerprint density at radius 1 is 1.31 bits per heavy atom. The first kappa shape index (κ1) is 13.9. The van der Waals surface area contributed by atoms with Crippen molar-refractivity contribution in [2.75, 3.05) is 0 Å². The van der Waals surface area contributed by atoms with Gasteiger partial charge in [-0.3, -0.25) is 4.79 Å². The van der Waals surface area contributed by atoms with Crippen molar-refractivity contribution >= 4 is 17.8 Å². The van der Waals surface area contributed by atoms with Crippen LogP contribution in [0.3, 0.4) is 0 Å². The van der Waals surface area contributed by atoms with Crippen LogP contribution in [-0.2, 0) is 14.4 Å². The lowest BCUT2D eigenvalue weighted by Crippen LogP contribution is -2.33. The predicted octanol–water partition coefficient (Wildman–Crippen LogP) is -0.241. The van der Waals surface area contributed by atoms with Crippen LogP contribution in [0.5, 0.6) is 0 Å². The first-order valence-electron chi connectivity index (χ1n) is 3.66. The monoisotopic (exact) mass is 241 g/mol. The molecule has 3 N–H and O–H groups in total. The summed E-state index contributed by atoms with van der Waals surface area (Å²) in [5, 5.41) is 17.6. The number of carbonyl (C=O) groups is 3. The highest BCUT2D eigenvalue weighted by molar-refractivity contribution is 5.96. The molecule has 6 nitrogen and oxygen atoms in total. The normalized spacial score (nSPS) is 18.4. The minimum absolute atomic E-state index is 0.345. The van der Waals surface area contributed by atoms with E-state index < -0.39 is 24.2 Å². The molecule has 0 radical (unpaired) electrons. The fourth-order valence-electron chi connectivity index (χ4n) is 0.577. The lowest BCUT2D eigenvalue weighted by atomic mass is 10.3. The van der Waals surface area contributed by atoms with Gasteiger partial charge in [0.25, 0.3) is 0 Å². The number of carboxylic acids is 2. The van der Waals surface area contributed by atoms with Gasteiger partial charge >= 0.3 is 18.1 Å². The second-order valence-corrected chi connectivity index (χ2v) is 2.49. The van der Waals surface area contributed by atoms with Gasteiger partial charge in [-0.1, -0.05) is 0 Å². The predicted molar refractivity (Wildman–Crippen MR) is 42.4 cm³/mol. The van der Waals surface area contributed by atoms with Crippen LogP contribution in [0.1, 0.15) is 0 Å². The van der Waals surface area contributed by atoms with Crippen LogP contribution in [0.25, 0.3) is 0 Å². The van der Waals surface area contributed by atoms with E-state index in [4.69, 9.17) is 15.0 Å². The van der Waals surface area contributed by atoms with Gasteiger partial charge in [-0.25, -0.2) is 9.59 Å². The van der Waals surface area contributed by atoms with E-state index in [0.29, 0.717) is 0 Å². The average Bonchev–Trinajstić information content (AvgIpc) is 2.51. The summed E-state index contributed by atoms with van der Waals surface area (Å²) in [4.78, 5) is 29.3. The molecule has 0 aliphatic carbocycles. The number of rotatable bonds is 1. The number of hydrogen-bond acceptors (Lipinski definition) is 3. The van der Waals surface area contributed by atoms with Gasteiger partial charge in [-0.05, 0) is 6.08 Å². The summed E-state index contributed by atoms with van der Waals surface area (Å²) in [6.45, 7) is 0. The smallest absolute Gasteiger partial charge is 0.479 e.